The number of aromatic nitrogens is 5. The summed E-state index contributed by atoms with van der Waals surface area (Å²) in [4.78, 5) is 31.0. The predicted molar refractivity (Wildman–Crippen MR) is 83.6 cm³/mol. The molecule has 0 aromatic carbocycles. The summed E-state index contributed by atoms with van der Waals surface area (Å²) in [7, 11) is 0. The fourth-order valence-electron chi connectivity index (χ4n) is 2.12. The van der Waals surface area contributed by atoms with Crippen LogP contribution in [0.15, 0.2) is 41.7 Å². The average molecular weight is 379 g/mol. The van der Waals surface area contributed by atoms with Gasteiger partial charge in [0.25, 0.3) is 5.91 Å². The van der Waals surface area contributed by atoms with Crippen LogP contribution in [0.25, 0.3) is 11.6 Å². The van der Waals surface area contributed by atoms with E-state index in [1.165, 1.54) is 31.7 Å². The van der Waals surface area contributed by atoms with Gasteiger partial charge in [0.05, 0.1) is 12.4 Å². The third-order valence-electron chi connectivity index (χ3n) is 3.36. The van der Waals surface area contributed by atoms with Crippen molar-refractivity contribution < 1.29 is 22.4 Å². The van der Waals surface area contributed by atoms with E-state index in [0.29, 0.717) is 6.20 Å². The lowest BCUT2D eigenvalue weighted by Crippen LogP contribution is -2.52. The Kier molecular flexibility index (Phi) is 4.57. The van der Waals surface area contributed by atoms with Crippen LogP contribution < -0.4 is 11.1 Å². The molecule has 1 unspecified atom stereocenters. The number of carbonyl (C=O) groups is 1. The first kappa shape index (κ1) is 18.4. The highest BCUT2D eigenvalue weighted by molar-refractivity contribution is 5.92. The minimum Gasteiger partial charge on any atom is -0.443 e. The standard InChI is InChI=1S/C15H12F3N7O2/c1-14(19,25-11(26)9-7-20-2-3-21-9)13-23-6-8(15(16,17)18)10(24-13)12-22-4-5-27-12/h2-7H,19H2,1H3,(H,25,26). The Morgan fingerprint density at radius 3 is 2.52 bits per heavy atom. The summed E-state index contributed by atoms with van der Waals surface area (Å²) in [5.41, 5.74) is 2.54. The Hall–Kier alpha value is -3.41. The van der Waals surface area contributed by atoms with Crippen LogP contribution in [-0.2, 0) is 11.8 Å². The van der Waals surface area contributed by atoms with E-state index in [2.05, 4.69) is 30.2 Å². The molecule has 27 heavy (non-hydrogen) atoms. The molecule has 3 aromatic rings. The molecule has 0 bridgehead atoms. The van der Waals surface area contributed by atoms with Crippen LogP contribution in [0.2, 0.25) is 0 Å². The SMILES string of the molecule is CC(N)(NC(=O)c1cnccn1)c1ncc(C(F)(F)F)c(-c2ncco2)n1. The number of halogens is 3. The number of oxazole rings is 1. The number of hydrogen-bond donors (Lipinski definition) is 2. The number of alkyl halides is 3. The van der Waals surface area contributed by atoms with Gasteiger partial charge in [0, 0.05) is 18.6 Å². The first-order chi connectivity index (χ1) is 12.7. The van der Waals surface area contributed by atoms with Gasteiger partial charge in [-0.2, -0.15) is 13.2 Å². The smallest absolute Gasteiger partial charge is 0.420 e. The summed E-state index contributed by atoms with van der Waals surface area (Å²) in [6, 6.07) is 0. The van der Waals surface area contributed by atoms with E-state index in [9.17, 15) is 18.0 Å². The molecule has 1 amide bonds. The minimum absolute atomic E-state index is 0.0333. The second-order valence-corrected chi connectivity index (χ2v) is 5.54. The third kappa shape index (κ3) is 3.89. The van der Waals surface area contributed by atoms with Crippen molar-refractivity contribution in [3.63, 3.8) is 0 Å². The van der Waals surface area contributed by atoms with Crippen LogP contribution >= 0.6 is 0 Å². The monoisotopic (exact) mass is 379 g/mol. The van der Waals surface area contributed by atoms with Gasteiger partial charge >= 0.3 is 6.18 Å². The van der Waals surface area contributed by atoms with Crippen molar-refractivity contribution >= 4 is 5.91 Å². The number of nitrogens with two attached hydrogens (primary N) is 1. The Morgan fingerprint density at radius 2 is 1.93 bits per heavy atom. The molecule has 0 fully saturated rings. The molecule has 0 aliphatic carbocycles. The lowest BCUT2D eigenvalue weighted by Gasteiger charge is -2.25. The molecular formula is C15H12F3N7O2. The summed E-state index contributed by atoms with van der Waals surface area (Å²) in [5.74, 6) is -1.34. The van der Waals surface area contributed by atoms with Gasteiger partial charge in [-0.25, -0.2) is 19.9 Å². The number of hydrogen-bond acceptors (Lipinski definition) is 8. The zero-order chi connectivity index (χ0) is 19.7. The van der Waals surface area contributed by atoms with Crippen molar-refractivity contribution in [2.75, 3.05) is 0 Å². The molecule has 0 radical (unpaired) electrons. The highest BCUT2D eigenvalue weighted by Crippen LogP contribution is 2.35. The molecule has 0 saturated carbocycles. The molecule has 0 aliphatic heterocycles. The van der Waals surface area contributed by atoms with Crippen molar-refractivity contribution in [3.8, 4) is 11.6 Å². The number of rotatable bonds is 4. The van der Waals surface area contributed by atoms with E-state index in [-0.39, 0.29) is 17.4 Å². The van der Waals surface area contributed by atoms with E-state index >= 15 is 0 Å². The van der Waals surface area contributed by atoms with Crippen LogP contribution in [0.1, 0.15) is 28.8 Å². The summed E-state index contributed by atoms with van der Waals surface area (Å²) in [6.45, 7) is 1.32. The average Bonchev–Trinajstić information content (AvgIpc) is 3.15. The molecule has 3 heterocycles. The second-order valence-electron chi connectivity index (χ2n) is 5.54. The molecule has 0 spiro atoms. The molecule has 3 N–H and O–H groups in total. The molecule has 0 saturated heterocycles. The number of amides is 1. The van der Waals surface area contributed by atoms with Crippen molar-refractivity contribution in [3.05, 3.63) is 54.3 Å². The van der Waals surface area contributed by atoms with Crippen molar-refractivity contribution in [1.29, 1.82) is 0 Å². The molecule has 3 rings (SSSR count). The summed E-state index contributed by atoms with van der Waals surface area (Å²) in [6.07, 6.45) is 1.98. The van der Waals surface area contributed by atoms with E-state index in [4.69, 9.17) is 10.2 Å². The summed E-state index contributed by atoms with van der Waals surface area (Å²) in [5, 5.41) is 2.40. The van der Waals surface area contributed by atoms with Gasteiger partial charge < -0.3 is 15.5 Å². The maximum atomic E-state index is 13.2. The van der Waals surface area contributed by atoms with Gasteiger partial charge in [0.1, 0.15) is 28.9 Å². The molecule has 12 heteroatoms. The van der Waals surface area contributed by atoms with Crippen LogP contribution in [-0.4, -0.2) is 30.8 Å². The highest BCUT2D eigenvalue weighted by atomic mass is 19.4. The van der Waals surface area contributed by atoms with Crippen LogP contribution in [0.5, 0.6) is 0 Å². The zero-order valence-electron chi connectivity index (χ0n) is 13.7. The molecule has 0 aliphatic rings. The number of nitrogens with one attached hydrogen (secondary N) is 1. The van der Waals surface area contributed by atoms with E-state index in [1.54, 1.807) is 0 Å². The third-order valence-corrected chi connectivity index (χ3v) is 3.36. The molecular weight excluding hydrogens is 367 g/mol. The number of carbonyl (C=O) groups excluding carboxylic acids is 1. The Balaban J connectivity index is 1.98. The molecule has 3 aromatic heterocycles. The highest BCUT2D eigenvalue weighted by Gasteiger charge is 2.38. The normalized spacial score (nSPS) is 13.8. The zero-order valence-corrected chi connectivity index (χ0v) is 13.7. The maximum absolute atomic E-state index is 13.2. The van der Waals surface area contributed by atoms with E-state index < -0.39 is 29.0 Å². The van der Waals surface area contributed by atoms with Crippen molar-refractivity contribution in [1.82, 2.24) is 30.2 Å². The van der Waals surface area contributed by atoms with E-state index in [0.717, 1.165) is 6.26 Å². The Bertz CT molecular complexity index is 944. The van der Waals surface area contributed by atoms with Gasteiger partial charge in [-0.05, 0) is 6.92 Å². The van der Waals surface area contributed by atoms with Crippen molar-refractivity contribution in [2.45, 2.75) is 18.8 Å². The molecule has 1 atom stereocenters. The summed E-state index contributed by atoms with van der Waals surface area (Å²) < 4.78 is 44.6. The fourth-order valence-corrected chi connectivity index (χ4v) is 2.12. The van der Waals surface area contributed by atoms with Gasteiger partial charge in [-0.3, -0.25) is 9.78 Å². The van der Waals surface area contributed by atoms with Gasteiger partial charge in [0.15, 0.2) is 5.82 Å². The lowest BCUT2D eigenvalue weighted by atomic mass is 10.1. The Morgan fingerprint density at radius 1 is 1.15 bits per heavy atom. The minimum atomic E-state index is -4.74. The molecule has 140 valence electrons. The topological polar surface area (TPSA) is 133 Å². The first-order valence-electron chi connectivity index (χ1n) is 7.40. The van der Waals surface area contributed by atoms with Crippen molar-refractivity contribution in [2.24, 2.45) is 5.73 Å². The predicted octanol–water partition coefficient (Wildman–Crippen LogP) is 1.50. The van der Waals surface area contributed by atoms with E-state index in [1.807, 2.05) is 0 Å². The largest absolute Gasteiger partial charge is 0.443 e. The Labute approximate surface area is 149 Å². The first-order valence-corrected chi connectivity index (χ1v) is 7.40. The van der Waals surface area contributed by atoms with Crippen LogP contribution in [0, 0.1) is 0 Å². The van der Waals surface area contributed by atoms with Gasteiger partial charge in [-0.1, -0.05) is 0 Å². The second kappa shape index (κ2) is 6.72. The van der Waals surface area contributed by atoms with Gasteiger partial charge in [-0.15, -0.1) is 0 Å². The fraction of sp³-hybridized carbons (Fsp3) is 0.200. The van der Waals surface area contributed by atoms with Crippen LogP contribution in [0.4, 0.5) is 13.2 Å². The number of nitrogens with zero attached hydrogens (tertiary/aromatic N) is 5. The van der Waals surface area contributed by atoms with Crippen LogP contribution in [0.3, 0.4) is 0 Å². The maximum Gasteiger partial charge on any atom is 0.420 e. The lowest BCUT2D eigenvalue weighted by molar-refractivity contribution is -0.137. The quantitative estimate of drug-likeness (QED) is 0.652. The molecule has 9 nitrogen and oxygen atoms in total. The summed E-state index contributed by atoms with van der Waals surface area (Å²) >= 11 is 0. The van der Waals surface area contributed by atoms with Gasteiger partial charge in [0.2, 0.25) is 5.89 Å².